The molecule has 1 aliphatic rings. The molecule has 3 N–H and O–H groups in total. The van der Waals surface area contributed by atoms with E-state index in [0.29, 0.717) is 11.6 Å². The minimum absolute atomic E-state index is 0.0759. The molecule has 0 radical (unpaired) electrons. The summed E-state index contributed by atoms with van der Waals surface area (Å²) < 4.78 is 0. The first-order chi connectivity index (χ1) is 9.04. The van der Waals surface area contributed by atoms with E-state index in [1.54, 1.807) is 12.1 Å². The maximum Gasteiger partial charge on any atom is 0.240 e. The first kappa shape index (κ1) is 13.9. The van der Waals surface area contributed by atoms with E-state index in [2.05, 4.69) is 10.6 Å². The molecule has 7 heteroatoms. The van der Waals surface area contributed by atoms with Crippen molar-refractivity contribution in [3.63, 3.8) is 0 Å². The SMILES string of the molecule is N=C1NC(=O)C(CC(=O)NCc2ccc(Cl)cc2)S1. The fourth-order valence-electron chi connectivity index (χ4n) is 1.60. The minimum Gasteiger partial charge on any atom is -0.352 e. The van der Waals surface area contributed by atoms with Crippen LogP contribution in [-0.2, 0) is 16.1 Å². The minimum atomic E-state index is -0.502. The van der Waals surface area contributed by atoms with Crippen LogP contribution in [0.25, 0.3) is 0 Å². The first-order valence-corrected chi connectivity index (χ1v) is 6.87. The number of benzene rings is 1. The van der Waals surface area contributed by atoms with E-state index in [1.807, 2.05) is 12.1 Å². The quantitative estimate of drug-likeness (QED) is 0.788. The Morgan fingerprint density at radius 2 is 2.11 bits per heavy atom. The van der Waals surface area contributed by atoms with Crippen molar-refractivity contribution in [2.45, 2.75) is 18.2 Å². The zero-order valence-electron chi connectivity index (χ0n) is 9.90. The van der Waals surface area contributed by atoms with Crippen molar-refractivity contribution in [3.05, 3.63) is 34.9 Å². The van der Waals surface area contributed by atoms with Gasteiger partial charge in [-0.2, -0.15) is 0 Å². The molecule has 1 saturated heterocycles. The highest BCUT2D eigenvalue weighted by atomic mass is 35.5. The third kappa shape index (κ3) is 3.97. The Kier molecular flexibility index (Phi) is 4.44. The molecular formula is C12H12ClN3O2S. The van der Waals surface area contributed by atoms with Crippen LogP contribution in [0.5, 0.6) is 0 Å². The van der Waals surface area contributed by atoms with Crippen molar-refractivity contribution in [3.8, 4) is 0 Å². The number of hydrogen-bond acceptors (Lipinski definition) is 4. The summed E-state index contributed by atoms with van der Waals surface area (Å²) in [6, 6.07) is 7.17. The maximum atomic E-state index is 11.7. The van der Waals surface area contributed by atoms with E-state index < -0.39 is 5.25 Å². The van der Waals surface area contributed by atoms with Crippen LogP contribution in [-0.4, -0.2) is 22.2 Å². The lowest BCUT2D eigenvalue weighted by Crippen LogP contribution is -2.30. The second-order valence-corrected chi connectivity index (χ2v) is 5.68. The Morgan fingerprint density at radius 3 is 2.68 bits per heavy atom. The molecule has 2 amide bonds. The number of halogens is 1. The molecule has 0 aliphatic carbocycles. The highest BCUT2D eigenvalue weighted by Gasteiger charge is 2.30. The molecule has 1 aliphatic heterocycles. The molecule has 0 bridgehead atoms. The van der Waals surface area contributed by atoms with Gasteiger partial charge >= 0.3 is 0 Å². The van der Waals surface area contributed by atoms with Crippen molar-refractivity contribution >= 4 is 40.3 Å². The predicted octanol–water partition coefficient (Wildman–Crippen LogP) is 1.51. The number of hydrogen-bond donors (Lipinski definition) is 3. The van der Waals surface area contributed by atoms with Gasteiger partial charge in [0, 0.05) is 18.0 Å². The van der Waals surface area contributed by atoms with Gasteiger partial charge in [0.05, 0.1) is 0 Å². The van der Waals surface area contributed by atoms with Crippen molar-refractivity contribution in [1.82, 2.24) is 10.6 Å². The fraction of sp³-hybridized carbons (Fsp3) is 0.250. The summed E-state index contributed by atoms with van der Waals surface area (Å²) >= 11 is 6.83. The third-order valence-electron chi connectivity index (χ3n) is 2.56. The Hall–Kier alpha value is -1.53. The molecule has 0 aromatic heterocycles. The molecule has 1 unspecified atom stereocenters. The molecular weight excluding hydrogens is 286 g/mol. The molecule has 1 heterocycles. The number of thioether (sulfide) groups is 1. The van der Waals surface area contributed by atoms with Gasteiger partial charge in [0.15, 0.2) is 5.17 Å². The van der Waals surface area contributed by atoms with Crippen molar-refractivity contribution in [2.24, 2.45) is 0 Å². The summed E-state index contributed by atoms with van der Waals surface area (Å²) in [7, 11) is 0. The topological polar surface area (TPSA) is 82.1 Å². The fourth-order valence-corrected chi connectivity index (χ4v) is 2.57. The van der Waals surface area contributed by atoms with Gasteiger partial charge in [0.1, 0.15) is 5.25 Å². The van der Waals surface area contributed by atoms with Crippen LogP contribution in [0.3, 0.4) is 0 Å². The summed E-state index contributed by atoms with van der Waals surface area (Å²) in [5.74, 6) is -0.492. The first-order valence-electron chi connectivity index (χ1n) is 5.62. The van der Waals surface area contributed by atoms with Gasteiger partial charge in [-0.15, -0.1) is 0 Å². The summed E-state index contributed by atoms with van der Waals surface area (Å²) in [6.07, 6.45) is 0.0759. The van der Waals surface area contributed by atoms with E-state index in [1.165, 1.54) is 0 Å². The van der Waals surface area contributed by atoms with E-state index in [0.717, 1.165) is 17.3 Å². The van der Waals surface area contributed by atoms with E-state index >= 15 is 0 Å². The van der Waals surface area contributed by atoms with Gasteiger partial charge in [-0.25, -0.2) is 0 Å². The predicted molar refractivity (Wildman–Crippen MR) is 75.2 cm³/mol. The molecule has 1 aromatic carbocycles. The second kappa shape index (κ2) is 6.08. The summed E-state index contributed by atoms with van der Waals surface area (Å²) in [6.45, 7) is 0.395. The molecule has 0 saturated carbocycles. The van der Waals surface area contributed by atoms with Gasteiger partial charge in [-0.1, -0.05) is 35.5 Å². The molecule has 100 valence electrons. The molecule has 0 spiro atoms. The molecule has 2 rings (SSSR count). The zero-order chi connectivity index (χ0) is 13.8. The van der Waals surface area contributed by atoms with Crippen LogP contribution in [0.2, 0.25) is 5.02 Å². The van der Waals surface area contributed by atoms with Crippen molar-refractivity contribution in [1.29, 1.82) is 5.41 Å². The summed E-state index contributed by atoms with van der Waals surface area (Å²) in [5, 5.41) is 12.6. The lowest BCUT2D eigenvalue weighted by Gasteiger charge is -2.07. The molecule has 19 heavy (non-hydrogen) atoms. The monoisotopic (exact) mass is 297 g/mol. The average molecular weight is 298 g/mol. The number of nitrogens with one attached hydrogen (secondary N) is 3. The second-order valence-electron chi connectivity index (χ2n) is 4.03. The smallest absolute Gasteiger partial charge is 0.240 e. The largest absolute Gasteiger partial charge is 0.352 e. The Morgan fingerprint density at radius 1 is 1.42 bits per heavy atom. The van der Waals surface area contributed by atoms with Crippen LogP contribution in [0.15, 0.2) is 24.3 Å². The number of carbonyl (C=O) groups is 2. The van der Waals surface area contributed by atoms with Crippen LogP contribution < -0.4 is 10.6 Å². The number of amides is 2. The van der Waals surface area contributed by atoms with Gasteiger partial charge in [0.25, 0.3) is 0 Å². The zero-order valence-corrected chi connectivity index (χ0v) is 11.5. The number of carbonyl (C=O) groups excluding carboxylic acids is 2. The van der Waals surface area contributed by atoms with E-state index in [4.69, 9.17) is 17.0 Å². The maximum absolute atomic E-state index is 11.7. The van der Waals surface area contributed by atoms with Gasteiger partial charge in [-0.05, 0) is 17.7 Å². The van der Waals surface area contributed by atoms with E-state index in [-0.39, 0.29) is 23.4 Å². The number of amidine groups is 1. The van der Waals surface area contributed by atoms with Crippen LogP contribution >= 0.6 is 23.4 Å². The average Bonchev–Trinajstić information content (AvgIpc) is 2.67. The van der Waals surface area contributed by atoms with Crippen molar-refractivity contribution < 1.29 is 9.59 Å². The third-order valence-corrected chi connectivity index (χ3v) is 3.82. The molecule has 1 aromatic rings. The highest BCUT2D eigenvalue weighted by Crippen LogP contribution is 2.21. The molecule has 1 fully saturated rings. The van der Waals surface area contributed by atoms with Crippen LogP contribution in [0, 0.1) is 5.41 Å². The Bertz CT molecular complexity index is 518. The lowest BCUT2D eigenvalue weighted by atomic mass is 10.2. The van der Waals surface area contributed by atoms with Crippen molar-refractivity contribution in [2.75, 3.05) is 0 Å². The molecule has 5 nitrogen and oxygen atoms in total. The lowest BCUT2D eigenvalue weighted by molar-refractivity contribution is -0.125. The Labute approximate surface area is 119 Å². The summed E-state index contributed by atoms with van der Waals surface area (Å²) in [4.78, 5) is 23.1. The van der Waals surface area contributed by atoms with Gasteiger partial charge in [0.2, 0.25) is 11.8 Å². The van der Waals surface area contributed by atoms with Gasteiger partial charge in [-0.3, -0.25) is 15.0 Å². The number of rotatable bonds is 4. The van der Waals surface area contributed by atoms with Crippen LogP contribution in [0.4, 0.5) is 0 Å². The summed E-state index contributed by atoms with van der Waals surface area (Å²) in [5.41, 5.74) is 0.939. The van der Waals surface area contributed by atoms with Crippen LogP contribution in [0.1, 0.15) is 12.0 Å². The highest BCUT2D eigenvalue weighted by molar-refractivity contribution is 8.15. The van der Waals surface area contributed by atoms with E-state index in [9.17, 15) is 9.59 Å². The molecule has 1 atom stereocenters. The normalized spacial score (nSPS) is 18.3. The standard InChI is InChI=1S/C12H12ClN3O2S/c13-8-3-1-7(2-4-8)6-15-10(17)5-9-11(18)16-12(14)19-9/h1-4,9H,5-6H2,(H,15,17)(H2,14,16,18). The Balaban J connectivity index is 1.80. The van der Waals surface area contributed by atoms with Gasteiger partial charge < -0.3 is 10.6 Å².